The van der Waals surface area contributed by atoms with Gasteiger partial charge in [0.15, 0.2) is 0 Å². The molecule has 26 heavy (non-hydrogen) atoms. The van der Waals surface area contributed by atoms with Crippen LogP contribution in [-0.2, 0) is 0 Å². The van der Waals surface area contributed by atoms with Crippen LogP contribution in [0.4, 0.5) is 17.1 Å². The van der Waals surface area contributed by atoms with Crippen molar-refractivity contribution >= 4 is 33.9 Å². The average molecular weight is 351 g/mol. The second kappa shape index (κ2) is 7.31. The number of carbonyl (C=O) groups is 1. The van der Waals surface area contributed by atoms with Crippen LogP contribution in [0.3, 0.4) is 0 Å². The van der Waals surface area contributed by atoms with Crippen molar-refractivity contribution in [1.29, 1.82) is 0 Å². The lowest BCUT2D eigenvalue weighted by Crippen LogP contribution is -2.22. The first kappa shape index (κ1) is 17.5. The lowest BCUT2D eigenvalue weighted by Gasteiger charge is -2.21. The summed E-state index contributed by atoms with van der Waals surface area (Å²) in [6, 6.07) is 13.9. The Hall–Kier alpha value is -3.28. The maximum atomic E-state index is 12.4. The van der Waals surface area contributed by atoms with E-state index in [9.17, 15) is 9.59 Å². The van der Waals surface area contributed by atoms with Gasteiger partial charge in [0.05, 0.1) is 0 Å². The molecule has 1 amide bonds. The fourth-order valence-corrected chi connectivity index (χ4v) is 2.81. The third kappa shape index (κ3) is 3.54. The standard InChI is InChI=1S/C20H21N3O3/c1-3-23(4-2)16-10-5-13-11-17(20(25)26-18(13)12-16)19(24)22-15-8-6-14(21)7-9-15/h5-12H,3-4,21H2,1-2H3,(H,22,24). The molecule has 0 aliphatic carbocycles. The molecule has 6 heteroatoms. The van der Waals surface area contributed by atoms with Crippen molar-refractivity contribution in [2.45, 2.75) is 13.8 Å². The van der Waals surface area contributed by atoms with Crippen LogP contribution in [0.25, 0.3) is 11.0 Å². The summed E-state index contributed by atoms with van der Waals surface area (Å²) in [4.78, 5) is 26.9. The van der Waals surface area contributed by atoms with Crippen molar-refractivity contribution < 1.29 is 9.21 Å². The summed E-state index contributed by atoms with van der Waals surface area (Å²) in [7, 11) is 0. The van der Waals surface area contributed by atoms with Crippen molar-refractivity contribution in [2.24, 2.45) is 0 Å². The molecular formula is C20H21N3O3. The molecule has 3 N–H and O–H groups in total. The summed E-state index contributed by atoms with van der Waals surface area (Å²) in [5.41, 5.74) is 7.51. The van der Waals surface area contributed by atoms with Crippen molar-refractivity contribution in [1.82, 2.24) is 0 Å². The number of nitrogens with zero attached hydrogens (tertiary/aromatic N) is 1. The van der Waals surface area contributed by atoms with E-state index in [4.69, 9.17) is 10.2 Å². The van der Waals surface area contributed by atoms with E-state index in [0.29, 0.717) is 22.3 Å². The van der Waals surface area contributed by atoms with Crippen molar-refractivity contribution in [3.05, 3.63) is 64.5 Å². The Morgan fingerprint density at radius 1 is 1.08 bits per heavy atom. The van der Waals surface area contributed by atoms with Crippen LogP contribution < -0.4 is 21.6 Å². The Kier molecular flexibility index (Phi) is 4.93. The number of carbonyl (C=O) groups excluding carboxylic acids is 1. The molecular weight excluding hydrogens is 330 g/mol. The number of rotatable bonds is 5. The second-order valence-corrected chi connectivity index (χ2v) is 5.92. The van der Waals surface area contributed by atoms with Crippen LogP contribution in [-0.4, -0.2) is 19.0 Å². The zero-order valence-corrected chi connectivity index (χ0v) is 14.8. The van der Waals surface area contributed by atoms with Gasteiger partial charge in [-0.15, -0.1) is 0 Å². The quantitative estimate of drug-likeness (QED) is 0.543. The number of nitrogens with one attached hydrogen (secondary N) is 1. The molecule has 0 radical (unpaired) electrons. The van der Waals surface area contributed by atoms with E-state index in [1.54, 1.807) is 30.3 Å². The highest BCUT2D eigenvalue weighted by Gasteiger charge is 2.15. The van der Waals surface area contributed by atoms with Gasteiger partial charge in [0, 0.05) is 41.6 Å². The molecule has 0 spiro atoms. The van der Waals surface area contributed by atoms with Gasteiger partial charge >= 0.3 is 5.63 Å². The van der Waals surface area contributed by atoms with Gasteiger partial charge in [-0.05, 0) is 56.3 Å². The summed E-state index contributed by atoms with van der Waals surface area (Å²) < 4.78 is 5.39. The summed E-state index contributed by atoms with van der Waals surface area (Å²) in [6.45, 7) is 5.84. The van der Waals surface area contributed by atoms with Gasteiger partial charge in [0.2, 0.25) is 0 Å². The minimum Gasteiger partial charge on any atom is -0.422 e. The Balaban J connectivity index is 1.93. The molecule has 2 aromatic carbocycles. The molecule has 6 nitrogen and oxygen atoms in total. The average Bonchev–Trinajstić information content (AvgIpc) is 2.64. The summed E-state index contributed by atoms with van der Waals surface area (Å²) in [5, 5.41) is 3.37. The predicted octanol–water partition coefficient (Wildman–Crippen LogP) is 3.47. The minimum atomic E-state index is -0.665. The summed E-state index contributed by atoms with van der Waals surface area (Å²) in [5.74, 6) is -0.516. The topological polar surface area (TPSA) is 88.6 Å². The molecule has 1 aromatic heterocycles. The fourth-order valence-electron chi connectivity index (χ4n) is 2.81. The van der Waals surface area contributed by atoms with Gasteiger partial charge in [-0.3, -0.25) is 4.79 Å². The van der Waals surface area contributed by atoms with Gasteiger partial charge in [-0.2, -0.15) is 0 Å². The molecule has 0 bridgehead atoms. The number of nitrogens with two attached hydrogens (primary N) is 1. The maximum Gasteiger partial charge on any atom is 0.349 e. The normalized spacial score (nSPS) is 10.7. The Morgan fingerprint density at radius 3 is 2.42 bits per heavy atom. The zero-order chi connectivity index (χ0) is 18.7. The van der Waals surface area contributed by atoms with Crippen LogP contribution in [0, 0.1) is 0 Å². The molecule has 134 valence electrons. The lowest BCUT2D eigenvalue weighted by molar-refractivity contribution is 0.102. The number of hydrogen-bond acceptors (Lipinski definition) is 5. The van der Waals surface area contributed by atoms with E-state index in [-0.39, 0.29) is 5.56 Å². The van der Waals surface area contributed by atoms with Crippen molar-refractivity contribution in [3.63, 3.8) is 0 Å². The summed E-state index contributed by atoms with van der Waals surface area (Å²) >= 11 is 0. The zero-order valence-electron chi connectivity index (χ0n) is 14.8. The third-order valence-electron chi connectivity index (χ3n) is 4.26. The first-order chi connectivity index (χ1) is 12.5. The highest BCUT2D eigenvalue weighted by atomic mass is 16.4. The Labute approximate surface area is 151 Å². The van der Waals surface area contributed by atoms with Crippen molar-refractivity contribution in [3.8, 4) is 0 Å². The molecule has 0 saturated heterocycles. The molecule has 0 aliphatic rings. The molecule has 0 unspecified atom stereocenters. The van der Waals surface area contributed by atoms with E-state index in [1.165, 1.54) is 0 Å². The van der Waals surface area contributed by atoms with E-state index >= 15 is 0 Å². The van der Waals surface area contributed by atoms with Gasteiger partial charge in [-0.1, -0.05) is 0 Å². The number of nitrogen functional groups attached to an aromatic ring is 1. The molecule has 0 aliphatic heterocycles. The monoisotopic (exact) mass is 351 g/mol. The lowest BCUT2D eigenvalue weighted by atomic mass is 10.1. The molecule has 0 fully saturated rings. The van der Waals surface area contributed by atoms with Crippen LogP contribution in [0.5, 0.6) is 0 Å². The number of anilines is 3. The fraction of sp³-hybridized carbons (Fsp3) is 0.200. The van der Waals surface area contributed by atoms with E-state index in [1.807, 2.05) is 18.2 Å². The van der Waals surface area contributed by atoms with Gasteiger partial charge in [0.25, 0.3) is 5.91 Å². The number of hydrogen-bond donors (Lipinski definition) is 2. The Morgan fingerprint density at radius 2 is 1.77 bits per heavy atom. The van der Waals surface area contributed by atoms with Gasteiger partial charge in [-0.25, -0.2) is 4.79 Å². The molecule has 0 atom stereocenters. The first-order valence-corrected chi connectivity index (χ1v) is 8.51. The number of amides is 1. The van der Waals surface area contributed by atoms with Crippen LogP contribution in [0.15, 0.2) is 57.7 Å². The molecule has 1 heterocycles. The molecule has 3 aromatic rings. The second-order valence-electron chi connectivity index (χ2n) is 5.92. The number of benzene rings is 2. The van der Waals surface area contributed by atoms with Gasteiger partial charge in [0.1, 0.15) is 11.1 Å². The molecule has 0 saturated carbocycles. The highest BCUT2D eigenvalue weighted by molar-refractivity contribution is 6.05. The Bertz CT molecular complexity index is 989. The van der Waals surface area contributed by atoms with Crippen molar-refractivity contribution in [2.75, 3.05) is 29.0 Å². The van der Waals surface area contributed by atoms with E-state index < -0.39 is 11.5 Å². The highest BCUT2D eigenvalue weighted by Crippen LogP contribution is 2.22. The van der Waals surface area contributed by atoms with Crippen LogP contribution in [0.1, 0.15) is 24.2 Å². The first-order valence-electron chi connectivity index (χ1n) is 8.51. The van der Waals surface area contributed by atoms with Crippen LogP contribution in [0.2, 0.25) is 0 Å². The third-order valence-corrected chi connectivity index (χ3v) is 4.26. The summed E-state index contributed by atoms with van der Waals surface area (Å²) in [6.07, 6.45) is 0. The maximum absolute atomic E-state index is 12.4. The predicted molar refractivity (Wildman–Crippen MR) is 105 cm³/mol. The van der Waals surface area contributed by atoms with E-state index in [2.05, 4.69) is 24.1 Å². The SMILES string of the molecule is CCN(CC)c1ccc2cc(C(=O)Nc3ccc(N)cc3)c(=O)oc2c1. The largest absolute Gasteiger partial charge is 0.422 e. The van der Waals surface area contributed by atoms with E-state index in [0.717, 1.165) is 18.8 Å². The minimum absolute atomic E-state index is 0.0371. The smallest absolute Gasteiger partial charge is 0.349 e. The molecule has 3 rings (SSSR count). The van der Waals surface area contributed by atoms with Gasteiger partial charge < -0.3 is 20.4 Å². The van der Waals surface area contributed by atoms with Crippen LogP contribution >= 0.6 is 0 Å². The number of fused-ring (bicyclic) bond motifs is 1.